The lowest BCUT2D eigenvalue weighted by atomic mass is 10.2. The van der Waals surface area contributed by atoms with Gasteiger partial charge in [0.25, 0.3) is 0 Å². The molecule has 3 aromatic rings. The molecule has 1 N–H and O–H groups in total. The van der Waals surface area contributed by atoms with Gasteiger partial charge in [-0.05, 0) is 30.2 Å². The number of benzene rings is 1. The molecule has 0 aliphatic rings. The summed E-state index contributed by atoms with van der Waals surface area (Å²) >= 11 is 0. The topological polar surface area (TPSA) is 68.0 Å². The van der Waals surface area contributed by atoms with Crippen LogP contribution in [-0.4, -0.2) is 22.4 Å². The van der Waals surface area contributed by atoms with Crippen LogP contribution in [0.3, 0.4) is 0 Å². The molecule has 0 aliphatic carbocycles. The van der Waals surface area contributed by atoms with Crippen LogP contribution >= 0.6 is 0 Å². The van der Waals surface area contributed by atoms with Gasteiger partial charge in [-0.15, -0.1) is 0 Å². The molecule has 0 saturated heterocycles. The minimum atomic E-state index is -0.159. The van der Waals surface area contributed by atoms with Crippen molar-refractivity contribution >= 4 is 12.0 Å². The Morgan fingerprint density at radius 3 is 2.58 bits per heavy atom. The highest BCUT2D eigenvalue weighted by atomic mass is 16.3. The van der Waals surface area contributed by atoms with E-state index in [2.05, 4.69) is 15.3 Å². The Morgan fingerprint density at radius 1 is 1.08 bits per heavy atom. The molecule has 24 heavy (non-hydrogen) atoms. The maximum absolute atomic E-state index is 11.7. The van der Waals surface area contributed by atoms with Crippen molar-refractivity contribution in [1.29, 1.82) is 0 Å². The highest BCUT2D eigenvalue weighted by Gasteiger charge is 2.01. The van der Waals surface area contributed by atoms with Gasteiger partial charge in [-0.1, -0.05) is 30.3 Å². The van der Waals surface area contributed by atoms with Crippen molar-refractivity contribution in [3.8, 4) is 11.4 Å². The number of aromatic nitrogens is 2. The highest BCUT2D eigenvalue weighted by molar-refractivity contribution is 5.91. The molecule has 0 bridgehead atoms. The normalized spacial score (nSPS) is 10.8. The molecule has 0 aliphatic heterocycles. The molecule has 120 valence electrons. The van der Waals surface area contributed by atoms with Crippen LogP contribution < -0.4 is 5.32 Å². The lowest BCUT2D eigenvalue weighted by Gasteiger charge is -2.04. The van der Waals surface area contributed by atoms with E-state index in [1.54, 1.807) is 36.9 Å². The summed E-state index contributed by atoms with van der Waals surface area (Å²) in [6, 6.07) is 13.4. The number of amides is 1. The van der Waals surface area contributed by atoms with E-state index < -0.39 is 0 Å². The molecule has 0 saturated carbocycles. The Morgan fingerprint density at radius 2 is 1.88 bits per heavy atom. The minimum absolute atomic E-state index is 0.159. The van der Waals surface area contributed by atoms with Gasteiger partial charge in [0.2, 0.25) is 5.91 Å². The Hall–Kier alpha value is -3.21. The van der Waals surface area contributed by atoms with Gasteiger partial charge in [0.1, 0.15) is 5.76 Å². The first-order valence-electron chi connectivity index (χ1n) is 7.67. The molecule has 5 heteroatoms. The second kappa shape index (κ2) is 7.87. The Balaban J connectivity index is 1.47. The smallest absolute Gasteiger partial charge is 0.244 e. The predicted molar refractivity (Wildman–Crippen MR) is 91.9 cm³/mol. The number of nitrogens with one attached hydrogen (secondary N) is 1. The van der Waals surface area contributed by atoms with Crippen LogP contribution in [0, 0.1) is 0 Å². The lowest BCUT2D eigenvalue weighted by Crippen LogP contribution is -2.23. The molecule has 5 nitrogen and oxygen atoms in total. The van der Waals surface area contributed by atoms with E-state index >= 15 is 0 Å². The monoisotopic (exact) mass is 319 g/mol. The van der Waals surface area contributed by atoms with Crippen LogP contribution in [0.1, 0.15) is 11.3 Å². The van der Waals surface area contributed by atoms with Gasteiger partial charge in [-0.2, -0.15) is 0 Å². The second-order valence-electron chi connectivity index (χ2n) is 5.17. The Bertz CT molecular complexity index is 794. The summed E-state index contributed by atoms with van der Waals surface area (Å²) in [4.78, 5) is 20.4. The van der Waals surface area contributed by atoms with Gasteiger partial charge in [0.05, 0.1) is 6.26 Å². The molecule has 2 aromatic heterocycles. The third-order valence-electron chi connectivity index (χ3n) is 3.39. The average Bonchev–Trinajstić information content (AvgIpc) is 3.15. The maximum atomic E-state index is 11.7. The third kappa shape index (κ3) is 4.39. The molecular weight excluding hydrogens is 302 g/mol. The van der Waals surface area contributed by atoms with Gasteiger partial charge in [-0.25, -0.2) is 9.97 Å². The zero-order valence-electron chi connectivity index (χ0n) is 13.1. The average molecular weight is 319 g/mol. The molecule has 0 spiro atoms. The van der Waals surface area contributed by atoms with E-state index in [0.29, 0.717) is 24.6 Å². The largest absolute Gasteiger partial charge is 0.465 e. The number of carbonyl (C=O) groups excluding carboxylic acids is 1. The van der Waals surface area contributed by atoms with Crippen LogP contribution in [-0.2, 0) is 11.2 Å². The predicted octanol–water partition coefficient (Wildman–Crippen LogP) is 3.11. The number of rotatable bonds is 6. The highest BCUT2D eigenvalue weighted by Crippen LogP contribution is 2.13. The summed E-state index contributed by atoms with van der Waals surface area (Å²) in [6.07, 6.45) is 8.91. The van der Waals surface area contributed by atoms with Gasteiger partial charge >= 0.3 is 0 Å². The zero-order chi connectivity index (χ0) is 16.6. The first kappa shape index (κ1) is 15.7. The van der Waals surface area contributed by atoms with Gasteiger partial charge in [-0.3, -0.25) is 4.79 Å². The summed E-state index contributed by atoms with van der Waals surface area (Å²) in [5.74, 6) is 1.19. The first-order valence-corrected chi connectivity index (χ1v) is 7.67. The fraction of sp³-hybridized carbons (Fsp3) is 0.105. The summed E-state index contributed by atoms with van der Waals surface area (Å²) in [5.41, 5.74) is 1.96. The van der Waals surface area contributed by atoms with Crippen molar-refractivity contribution in [2.45, 2.75) is 6.42 Å². The van der Waals surface area contributed by atoms with Crippen LogP contribution in [0.2, 0.25) is 0 Å². The lowest BCUT2D eigenvalue weighted by molar-refractivity contribution is -0.116. The molecule has 1 amide bonds. The van der Waals surface area contributed by atoms with Crippen LogP contribution in [0.4, 0.5) is 0 Å². The van der Waals surface area contributed by atoms with Gasteiger partial charge in [0, 0.05) is 30.6 Å². The molecule has 0 unspecified atom stereocenters. The van der Waals surface area contributed by atoms with E-state index in [1.807, 2.05) is 30.3 Å². The summed E-state index contributed by atoms with van der Waals surface area (Å²) in [7, 11) is 0. The standard InChI is InChI=1S/C19H17N3O2/c23-18(9-8-17-7-4-12-24-17)20-11-10-15-13-21-19(22-14-15)16-5-2-1-3-6-16/h1-9,12-14H,10-11H2,(H,20,23)/b9-8+. The van der Waals surface area contributed by atoms with Crippen molar-refractivity contribution in [3.05, 3.63) is 78.5 Å². The second-order valence-corrected chi connectivity index (χ2v) is 5.17. The summed E-state index contributed by atoms with van der Waals surface area (Å²) in [6.45, 7) is 0.523. The first-order chi connectivity index (χ1) is 11.8. The van der Waals surface area contributed by atoms with Crippen molar-refractivity contribution < 1.29 is 9.21 Å². The van der Waals surface area contributed by atoms with Crippen molar-refractivity contribution in [2.75, 3.05) is 6.54 Å². The molecule has 2 heterocycles. The molecular formula is C19H17N3O2. The van der Waals surface area contributed by atoms with Crippen LogP contribution in [0.15, 0.2) is 71.6 Å². The van der Waals surface area contributed by atoms with Crippen LogP contribution in [0.5, 0.6) is 0 Å². The Labute approximate surface area is 140 Å². The van der Waals surface area contributed by atoms with E-state index in [0.717, 1.165) is 11.1 Å². The molecule has 0 fully saturated rings. The number of hydrogen-bond acceptors (Lipinski definition) is 4. The number of carbonyl (C=O) groups is 1. The quantitative estimate of drug-likeness (QED) is 0.709. The number of nitrogens with zero attached hydrogens (tertiary/aromatic N) is 2. The van der Waals surface area contributed by atoms with Crippen molar-refractivity contribution in [2.24, 2.45) is 0 Å². The number of furan rings is 1. The van der Waals surface area contributed by atoms with Crippen molar-refractivity contribution in [1.82, 2.24) is 15.3 Å². The fourth-order valence-corrected chi connectivity index (χ4v) is 2.15. The zero-order valence-corrected chi connectivity index (χ0v) is 13.1. The van der Waals surface area contributed by atoms with E-state index in [-0.39, 0.29) is 5.91 Å². The van der Waals surface area contributed by atoms with E-state index in [1.165, 1.54) is 6.08 Å². The molecule has 1 aromatic carbocycles. The molecule has 3 rings (SSSR count). The van der Waals surface area contributed by atoms with Gasteiger partial charge in [0.15, 0.2) is 5.82 Å². The summed E-state index contributed by atoms with van der Waals surface area (Å²) in [5, 5.41) is 2.82. The summed E-state index contributed by atoms with van der Waals surface area (Å²) < 4.78 is 5.12. The number of hydrogen-bond donors (Lipinski definition) is 1. The minimum Gasteiger partial charge on any atom is -0.465 e. The van der Waals surface area contributed by atoms with E-state index in [4.69, 9.17) is 4.42 Å². The molecule has 0 atom stereocenters. The molecule has 0 radical (unpaired) electrons. The van der Waals surface area contributed by atoms with Crippen LogP contribution in [0.25, 0.3) is 17.5 Å². The van der Waals surface area contributed by atoms with Gasteiger partial charge < -0.3 is 9.73 Å². The van der Waals surface area contributed by atoms with E-state index in [9.17, 15) is 4.79 Å². The maximum Gasteiger partial charge on any atom is 0.244 e. The van der Waals surface area contributed by atoms with Crippen molar-refractivity contribution in [3.63, 3.8) is 0 Å². The Kier molecular flexibility index (Phi) is 5.14. The third-order valence-corrected chi connectivity index (χ3v) is 3.39. The SMILES string of the molecule is O=C(/C=C/c1ccco1)NCCc1cnc(-c2ccccc2)nc1. The fourth-order valence-electron chi connectivity index (χ4n) is 2.15.